The average molecular weight is 334 g/mol. The lowest BCUT2D eigenvalue weighted by atomic mass is 9.94. The minimum atomic E-state index is -1.05. The number of nitrogens with one attached hydrogen (secondary N) is 1. The number of halogens is 2. The van der Waals surface area contributed by atoms with Gasteiger partial charge < -0.3 is 15.2 Å². The van der Waals surface area contributed by atoms with Gasteiger partial charge in [-0.25, -0.2) is 0 Å². The van der Waals surface area contributed by atoms with Gasteiger partial charge in [-0.3, -0.25) is 9.59 Å². The fraction of sp³-hybridized carbons (Fsp3) is 0.429. The van der Waals surface area contributed by atoms with Gasteiger partial charge in [0.1, 0.15) is 10.8 Å². The predicted molar refractivity (Wildman–Crippen MR) is 81.0 cm³/mol. The standard InChI is InChI=1S/C14H17Cl2NO4/c1-8(12(18)17-7-14(2,3)13(19)20)21-10-6-4-5-9(15)11(10)16/h4-6,8H,7H2,1-3H3,(H,17,18)(H,19,20). The first-order chi connectivity index (χ1) is 9.65. The van der Waals surface area contributed by atoms with Gasteiger partial charge in [0.05, 0.1) is 10.4 Å². The molecular formula is C14H17Cl2NO4. The van der Waals surface area contributed by atoms with Crippen LogP contribution in [-0.4, -0.2) is 29.6 Å². The van der Waals surface area contributed by atoms with Crippen molar-refractivity contribution >= 4 is 35.1 Å². The van der Waals surface area contributed by atoms with Crippen molar-refractivity contribution in [1.82, 2.24) is 5.32 Å². The Morgan fingerprint density at radius 2 is 2.00 bits per heavy atom. The molecular weight excluding hydrogens is 317 g/mol. The Kier molecular flexibility index (Phi) is 5.87. The summed E-state index contributed by atoms with van der Waals surface area (Å²) in [5, 5.41) is 12.1. The van der Waals surface area contributed by atoms with E-state index in [1.54, 1.807) is 25.1 Å². The van der Waals surface area contributed by atoms with Crippen LogP contribution in [0.15, 0.2) is 18.2 Å². The zero-order valence-corrected chi connectivity index (χ0v) is 13.5. The van der Waals surface area contributed by atoms with Crippen molar-refractivity contribution in [2.45, 2.75) is 26.9 Å². The maximum absolute atomic E-state index is 11.9. The molecule has 0 aliphatic carbocycles. The third kappa shape index (κ3) is 4.79. The number of carboxylic acids is 1. The van der Waals surface area contributed by atoms with E-state index in [1.165, 1.54) is 13.8 Å². The molecule has 5 nitrogen and oxygen atoms in total. The van der Waals surface area contributed by atoms with E-state index in [9.17, 15) is 9.59 Å². The third-order valence-corrected chi connectivity index (χ3v) is 3.67. The summed E-state index contributed by atoms with van der Waals surface area (Å²) >= 11 is 11.8. The molecule has 2 N–H and O–H groups in total. The lowest BCUT2D eigenvalue weighted by Gasteiger charge is -2.21. The maximum atomic E-state index is 11.9. The Labute approximate surface area is 133 Å². The highest BCUT2D eigenvalue weighted by Gasteiger charge is 2.28. The van der Waals surface area contributed by atoms with Gasteiger partial charge in [-0.2, -0.15) is 0 Å². The quantitative estimate of drug-likeness (QED) is 0.839. The summed E-state index contributed by atoms with van der Waals surface area (Å²) in [7, 11) is 0. The molecule has 1 atom stereocenters. The molecule has 0 saturated carbocycles. The molecule has 0 aliphatic heterocycles. The fourth-order valence-electron chi connectivity index (χ4n) is 1.35. The van der Waals surface area contributed by atoms with Crippen LogP contribution in [-0.2, 0) is 9.59 Å². The van der Waals surface area contributed by atoms with E-state index in [0.29, 0.717) is 10.8 Å². The number of hydrogen-bond acceptors (Lipinski definition) is 3. The van der Waals surface area contributed by atoms with Crippen LogP contribution in [0, 0.1) is 5.41 Å². The smallest absolute Gasteiger partial charge is 0.310 e. The predicted octanol–water partition coefficient (Wildman–Crippen LogP) is 2.99. The highest BCUT2D eigenvalue weighted by Crippen LogP contribution is 2.32. The van der Waals surface area contributed by atoms with E-state index in [4.69, 9.17) is 33.0 Å². The number of carbonyl (C=O) groups excluding carboxylic acids is 1. The lowest BCUT2D eigenvalue weighted by Crippen LogP contribution is -2.43. The molecule has 0 aliphatic rings. The first-order valence-electron chi connectivity index (χ1n) is 6.27. The second-order valence-electron chi connectivity index (χ2n) is 5.22. The molecule has 0 heterocycles. The van der Waals surface area contributed by atoms with Crippen molar-refractivity contribution in [1.29, 1.82) is 0 Å². The molecule has 1 aromatic carbocycles. The minimum absolute atomic E-state index is 0.00184. The molecule has 0 spiro atoms. The summed E-state index contributed by atoms with van der Waals surface area (Å²) in [5.41, 5.74) is -1.05. The lowest BCUT2D eigenvalue weighted by molar-refractivity contribution is -0.147. The van der Waals surface area contributed by atoms with Gasteiger partial charge in [0.25, 0.3) is 5.91 Å². The second kappa shape index (κ2) is 7.00. The van der Waals surface area contributed by atoms with Crippen LogP contribution in [0.3, 0.4) is 0 Å². The van der Waals surface area contributed by atoms with E-state index in [2.05, 4.69) is 5.32 Å². The van der Waals surface area contributed by atoms with Crippen LogP contribution < -0.4 is 10.1 Å². The normalized spacial score (nSPS) is 12.6. The Hall–Kier alpha value is -1.46. The zero-order valence-electron chi connectivity index (χ0n) is 11.9. The van der Waals surface area contributed by atoms with Crippen molar-refractivity contribution in [2.75, 3.05) is 6.54 Å². The van der Waals surface area contributed by atoms with E-state index < -0.39 is 23.4 Å². The number of rotatable bonds is 6. The summed E-state index contributed by atoms with van der Waals surface area (Å²) in [4.78, 5) is 22.9. The first kappa shape index (κ1) is 17.6. The molecule has 1 unspecified atom stereocenters. The number of amides is 1. The fourth-order valence-corrected chi connectivity index (χ4v) is 1.68. The van der Waals surface area contributed by atoms with Gasteiger partial charge in [0, 0.05) is 6.54 Å². The summed E-state index contributed by atoms with van der Waals surface area (Å²) in [6, 6.07) is 4.86. The summed E-state index contributed by atoms with van der Waals surface area (Å²) < 4.78 is 5.44. The van der Waals surface area contributed by atoms with Crippen molar-refractivity contribution in [2.24, 2.45) is 5.41 Å². The van der Waals surface area contributed by atoms with Gasteiger partial charge in [-0.1, -0.05) is 29.3 Å². The van der Waals surface area contributed by atoms with Crippen molar-refractivity contribution in [3.05, 3.63) is 28.2 Å². The number of benzene rings is 1. The van der Waals surface area contributed by atoms with Crippen LogP contribution >= 0.6 is 23.2 Å². The molecule has 0 bridgehead atoms. The molecule has 21 heavy (non-hydrogen) atoms. The Balaban J connectivity index is 2.63. The topological polar surface area (TPSA) is 75.6 Å². The summed E-state index contributed by atoms with van der Waals surface area (Å²) in [6.07, 6.45) is -0.828. The molecule has 1 rings (SSSR count). The van der Waals surface area contributed by atoms with Crippen LogP contribution in [0.25, 0.3) is 0 Å². The van der Waals surface area contributed by atoms with Crippen LogP contribution in [0.4, 0.5) is 0 Å². The molecule has 1 amide bonds. The van der Waals surface area contributed by atoms with Crippen molar-refractivity contribution in [3.63, 3.8) is 0 Å². The molecule has 0 aromatic heterocycles. The zero-order chi connectivity index (χ0) is 16.2. The van der Waals surface area contributed by atoms with Crippen LogP contribution in [0.1, 0.15) is 20.8 Å². The van der Waals surface area contributed by atoms with E-state index in [0.717, 1.165) is 0 Å². The number of hydrogen-bond donors (Lipinski definition) is 2. The first-order valence-corrected chi connectivity index (χ1v) is 7.02. The highest BCUT2D eigenvalue weighted by molar-refractivity contribution is 6.42. The number of aliphatic carboxylic acids is 1. The average Bonchev–Trinajstić information content (AvgIpc) is 2.41. The van der Waals surface area contributed by atoms with Crippen molar-refractivity contribution in [3.8, 4) is 5.75 Å². The Morgan fingerprint density at radius 3 is 2.57 bits per heavy atom. The van der Waals surface area contributed by atoms with Crippen LogP contribution in [0.2, 0.25) is 10.0 Å². The van der Waals surface area contributed by atoms with Crippen LogP contribution in [0.5, 0.6) is 5.75 Å². The van der Waals surface area contributed by atoms with Gasteiger partial charge in [0.15, 0.2) is 6.10 Å². The maximum Gasteiger partial charge on any atom is 0.310 e. The molecule has 0 saturated heterocycles. The Morgan fingerprint density at radius 1 is 1.38 bits per heavy atom. The van der Waals surface area contributed by atoms with Gasteiger partial charge in [-0.15, -0.1) is 0 Å². The molecule has 7 heteroatoms. The van der Waals surface area contributed by atoms with E-state index in [-0.39, 0.29) is 11.6 Å². The largest absolute Gasteiger partial charge is 0.481 e. The number of ether oxygens (including phenoxy) is 1. The van der Waals surface area contributed by atoms with Gasteiger partial charge in [0.2, 0.25) is 0 Å². The molecule has 116 valence electrons. The van der Waals surface area contributed by atoms with Crippen molar-refractivity contribution < 1.29 is 19.4 Å². The van der Waals surface area contributed by atoms with Gasteiger partial charge >= 0.3 is 5.97 Å². The second-order valence-corrected chi connectivity index (χ2v) is 6.00. The Bertz CT molecular complexity index is 546. The van der Waals surface area contributed by atoms with Gasteiger partial charge in [-0.05, 0) is 32.9 Å². The highest BCUT2D eigenvalue weighted by atomic mass is 35.5. The molecule has 0 fully saturated rings. The molecule has 1 aromatic rings. The van der Waals surface area contributed by atoms with E-state index >= 15 is 0 Å². The SMILES string of the molecule is CC(Oc1cccc(Cl)c1Cl)C(=O)NCC(C)(C)C(=O)O. The van der Waals surface area contributed by atoms with E-state index in [1.807, 2.05) is 0 Å². The molecule has 0 radical (unpaired) electrons. The summed E-state index contributed by atoms with van der Waals surface area (Å²) in [5.74, 6) is -1.13. The minimum Gasteiger partial charge on any atom is -0.481 e. The number of carboxylic acid groups (broad SMARTS) is 1. The third-order valence-electron chi connectivity index (χ3n) is 2.87. The number of carbonyl (C=O) groups is 2. The monoisotopic (exact) mass is 333 g/mol. The summed E-state index contributed by atoms with van der Waals surface area (Å²) in [6.45, 7) is 4.59.